The minimum atomic E-state index is -2.71. The van der Waals surface area contributed by atoms with Crippen molar-refractivity contribution in [2.75, 3.05) is 32.7 Å². The summed E-state index contributed by atoms with van der Waals surface area (Å²) in [5.74, 6) is -2.79. The van der Waals surface area contributed by atoms with E-state index >= 15 is 0 Å². The standard InChI is InChI=1S/C27H32F2N5O2.Y/c1-17-24(18(2)31-16-30-17)26(36)34-14-21-12-33(13-22(21)15-34)9-8-23(19-6-4-3-5-7-19)32-25(35)20-10-27(28,29)11-20;/h3-7,20-23H,8-15H2,1-2H3,(H,32,35);/q-1;/t21?,22?,23-;/m1./s1. The Balaban J connectivity index is 0.00000320. The van der Waals surface area contributed by atoms with Crippen molar-refractivity contribution in [3.8, 4) is 0 Å². The van der Waals surface area contributed by atoms with Gasteiger partial charge < -0.3 is 25.1 Å². The SMILES string of the molecule is Cc1n[c-]nc(C)c1C(=O)N1CC2CN(CC[C@@H](NC(=O)C3CC(F)(F)C3)c3ccccc3)CC2C1.[Y]. The van der Waals surface area contributed by atoms with E-state index in [4.69, 9.17) is 0 Å². The van der Waals surface area contributed by atoms with Gasteiger partial charge in [0.25, 0.3) is 0 Å². The van der Waals surface area contributed by atoms with E-state index in [1.54, 1.807) is 0 Å². The molecule has 1 aliphatic carbocycles. The van der Waals surface area contributed by atoms with Gasteiger partial charge in [-0.2, -0.15) is 0 Å². The topological polar surface area (TPSA) is 78.4 Å². The number of amides is 2. The predicted molar refractivity (Wildman–Crippen MR) is 129 cm³/mol. The van der Waals surface area contributed by atoms with Gasteiger partial charge in [-0.3, -0.25) is 9.59 Å². The van der Waals surface area contributed by atoms with Crippen molar-refractivity contribution in [2.45, 2.75) is 45.1 Å². The minimum Gasteiger partial charge on any atom is -0.370 e. The summed E-state index contributed by atoms with van der Waals surface area (Å²) in [7, 11) is 0. The Hall–Kier alpha value is -1.84. The molecule has 3 atom stereocenters. The molecule has 2 unspecified atom stereocenters. The Labute approximate surface area is 241 Å². The third kappa shape index (κ3) is 6.26. The largest absolute Gasteiger partial charge is 0.370 e. The number of likely N-dealkylation sites (tertiary alicyclic amines) is 2. The smallest absolute Gasteiger partial charge is 0.249 e. The molecular formula is C27H32F2N5O2Y-. The molecule has 0 spiro atoms. The summed E-state index contributed by atoms with van der Waals surface area (Å²) in [4.78, 5) is 38.2. The van der Waals surface area contributed by atoms with Crippen molar-refractivity contribution in [1.82, 2.24) is 25.1 Å². The number of carbonyl (C=O) groups is 2. The molecule has 1 radical (unpaired) electrons. The summed E-state index contributed by atoms with van der Waals surface area (Å²) in [5, 5.41) is 3.03. The van der Waals surface area contributed by atoms with E-state index in [2.05, 4.69) is 26.5 Å². The molecule has 1 N–H and O–H groups in total. The van der Waals surface area contributed by atoms with E-state index < -0.39 is 11.8 Å². The quantitative estimate of drug-likeness (QED) is 0.506. The molecule has 37 heavy (non-hydrogen) atoms. The molecule has 2 saturated heterocycles. The number of hydrogen-bond donors (Lipinski definition) is 1. The summed E-state index contributed by atoms with van der Waals surface area (Å²) in [5.41, 5.74) is 2.88. The maximum atomic E-state index is 13.3. The first-order valence-electron chi connectivity index (χ1n) is 12.7. The Bertz CT molecular complexity index is 1090. The van der Waals surface area contributed by atoms with E-state index in [0.29, 0.717) is 48.3 Å². The first-order valence-corrected chi connectivity index (χ1v) is 12.7. The normalized spacial score (nSPS) is 23.6. The van der Waals surface area contributed by atoms with E-state index in [9.17, 15) is 18.4 Å². The van der Waals surface area contributed by atoms with Gasteiger partial charge in [0.2, 0.25) is 17.7 Å². The first kappa shape index (κ1) is 28.2. The number of carbonyl (C=O) groups excluding carboxylic acids is 2. The first-order chi connectivity index (χ1) is 17.2. The number of aromatic nitrogens is 2. The molecule has 7 nitrogen and oxygen atoms in total. The molecule has 2 aliphatic heterocycles. The van der Waals surface area contributed by atoms with Crippen LogP contribution in [0.4, 0.5) is 8.78 Å². The van der Waals surface area contributed by atoms with Gasteiger partial charge in [0.15, 0.2) is 0 Å². The summed E-state index contributed by atoms with van der Waals surface area (Å²) >= 11 is 0. The number of rotatable bonds is 7. The zero-order valence-electron chi connectivity index (χ0n) is 21.3. The van der Waals surface area contributed by atoms with Crippen LogP contribution in [-0.4, -0.2) is 70.2 Å². The van der Waals surface area contributed by atoms with Gasteiger partial charge in [0.05, 0.1) is 6.04 Å². The van der Waals surface area contributed by atoms with Crippen LogP contribution in [0, 0.1) is 37.9 Å². The number of alkyl halides is 2. The number of nitrogens with zero attached hydrogens (tertiary/aromatic N) is 4. The second kappa shape index (κ2) is 11.5. The number of fused-ring (bicyclic) bond motifs is 1. The van der Waals surface area contributed by atoms with Crippen LogP contribution in [0.5, 0.6) is 0 Å². The van der Waals surface area contributed by atoms with Crippen molar-refractivity contribution in [3.05, 3.63) is 59.2 Å². The van der Waals surface area contributed by atoms with Gasteiger partial charge in [-0.1, -0.05) is 55.6 Å². The molecule has 0 bridgehead atoms. The van der Waals surface area contributed by atoms with Crippen molar-refractivity contribution >= 4 is 11.8 Å². The van der Waals surface area contributed by atoms with Crippen LogP contribution in [-0.2, 0) is 37.5 Å². The van der Waals surface area contributed by atoms with Gasteiger partial charge in [-0.15, -0.1) is 0 Å². The fourth-order valence-electron chi connectivity index (χ4n) is 5.91. The molecule has 1 aromatic heterocycles. The molecular weight excluding hydrogens is 553 g/mol. The monoisotopic (exact) mass is 585 g/mol. The Kier molecular flexibility index (Phi) is 8.76. The maximum Gasteiger partial charge on any atom is 0.249 e. The van der Waals surface area contributed by atoms with Gasteiger partial charge in [0, 0.05) is 90.5 Å². The minimum absolute atomic E-state index is 0. The van der Waals surface area contributed by atoms with Gasteiger partial charge >= 0.3 is 0 Å². The molecule has 3 heterocycles. The summed E-state index contributed by atoms with van der Waals surface area (Å²) in [6.07, 6.45) is 2.56. The average Bonchev–Trinajstić information content (AvgIpc) is 3.39. The Morgan fingerprint density at radius 2 is 1.65 bits per heavy atom. The van der Waals surface area contributed by atoms with Crippen LogP contribution < -0.4 is 5.32 Å². The predicted octanol–water partition coefficient (Wildman–Crippen LogP) is 3.19. The Morgan fingerprint density at radius 1 is 1.05 bits per heavy atom. The van der Waals surface area contributed by atoms with E-state index in [0.717, 1.165) is 25.2 Å². The van der Waals surface area contributed by atoms with Crippen molar-refractivity contribution in [1.29, 1.82) is 0 Å². The van der Waals surface area contributed by atoms with Crippen LogP contribution in [0.25, 0.3) is 0 Å². The zero-order chi connectivity index (χ0) is 25.4. The second-order valence-electron chi connectivity index (χ2n) is 10.6. The van der Waals surface area contributed by atoms with Crippen molar-refractivity contribution in [2.24, 2.45) is 17.8 Å². The van der Waals surface area contributed by atoms with Crippen LogP contribution in [0.3, 0.4) is 0 Å². The fraction of sp³-hybridized carbons (Fsp3) is 0.556. The zero-order valence-corrected chi connectivity index (χ0v) is 24.1. The van der Waals surface area contributed by atoms with Crippen molar-refractivity contribution in [3.63, 3.8) is 0 Å². The molecule has 1 aromatic carbocycles. The molecule has 1 saturated carbocycles. The summed E-state index contributed by atoms with van der Waals surface area (Å²) in [6.45, 7) is 7.65. The van der Waals surface area contributed by atoms with Crippen LogP contribution in [0.2, 0.25) is 0 Å². The summed E-state index contributed by atoms with van der Waals surface area (Å²) < 4.78 is 26.5. The average molecular weight is 585 g/mol. The third-order valence-electron chi connectivity index (χ3n) is 7.94. The maximum absolute atomic E-state index is 13.3. The molecule has 3 aliphatic rings. The number of hydrogen-bond acceptors (Lipinski definition) is 5. The van der Waals surface area contributed by atoms with Crippen LogP contribution in [0.15, 0.2) is 30.3 Å². The van der Waals surface area contributed by atoms with Crippen LogP contribution >= 0.6 is 0 Å². The fourth-order valence-corrected chi connectivity index (χ4v) is 5.91. The number of benzene rings is 1. The molecule has 10 heteroatoms. The second-order valence-corrected chi connectivity index (χ2v) is 10.6. The van der Waals surface area contributed by atoms with E-state index in [-0.39, 0.29) is 63.4 Å². The number of halogens is 2. The van der Waals surface area contributed by atoms with Crippen molar-refractivity contribution < 1.29 is 51.1 Å². The molecule has 195 valence electrons. The van der Waals surface area contributed by atoms with Gasteiger partial charge in [0.1, 0.15) is 0 Å². The Morgan fingerprint density at radius 3 is 2.22 bits per heavy atom. The molecule has 3 fully saturated rings. The van der Waals surface area contributed by atoms with E-state index in [1.807, 2.05) is 49.1 Å². The summed E-state index contributed by atoms with van der Waals surface area (Å²) in [6, 6.07) is 9.50. The molecule has 5 rings (SSSR count). The van der Waals surface area contributed by atoms with Gasteiger partial charge in [-0.25, -0.2) is 8.78 Å². The number of nitrogens with one attached hydrogen (secondary N) is 1. The van der Waals surface area contributed by atoms with Crippen LogP contribution in [0.1, 0.15) is 52.6 Å². The molecule has 2 amide bonds. The van der Waals surface area contributed by atoms with Gasteiger partial charge in [-0.05, 0) is 29.4 Å². The van der Waals surface area contributed by atoms with E-state index in [1.165, 1.54) is 0 Å². The third-order valence-corrected chi connectivity index (χ3v) is 7.94. The molecule has 2 aromatic rings. The number of aryl methyl sites for hydroxylation is 2.